The molecule has 2 aliphatic heterocycles. The van der Waals surface area contributed by atoms with Crippen LogP contribution in [0.1, 0.15) is 30.9 Å². The highest BCUT2D eigenvalue weighted by Crippen LogP contribution is 2.40. The van der Waals surface area contributed by atoms with Crippen LogP contribution < -0.4 is 9.47 Å². The molecule has 2 aromatic rings. The van der Waals surface area contributed by atoms with Crippen LogP contribution >= 0.6 is 0 Å². The van der Waals surface area contributed by atoms with Gasteiger partial charge in [0, 0.05) is 13.0 Å². The molecule has 1 atom stereocenters. The maximum absolute atomic E-state index is 13.2. The fraction of sp³-hybridized carbons (Fsp3) is 0.368. The Morgan fingerprint density at radius 1 is 0.962 bits per heavy atom. The van der Waals surface area contributed by atoms with E-state index in [0.29, 0.717) is 31.3 Å². The van der Waals surface area contributed by atoms with E-state index in [1.54, 1.807) is 0 Å². The highest BCUT2D eigenvalue weighted by Gasteiger charge is 2.36. The number of benzene rings is 2. The third-order valence-corrected chi connectivity index (χ3v) is 6.70. The van der Waals surface area contributed by atoms with Crippen LogP contribution in [0.2, 0.25) is 0 Å². The lowest BCUT2D eigenvalue weighted by atomic mass is 10.0. The van der Waals surface area contributed by atoms with Crippen LogP contribution in [0.4, 0.5) is 4.39 Å². The zero-order valence-corrected chi connectivity index (χ0v) is 15.0. The van der Waals surface area contributed by atoms with Gasteiger partial charge in [0.25, 0.3) is 0 Å². The van der Waals surface area contributed by atoms with E-state index in [4.69, 9.17) is 9.47 Å². The first-order chi connectivity index (χ1) is 12.6. The molecule has 5 nitrogen and oxygen atoms in total. The molecule has 2 heterocycles. The van der Waals surface area contributed by atoms with E-state index in [1.165, 1.54) is 28.6 Å². The lowest BCUT2D eigenvalue weighted by Gasteiger charge is -2.25. The molecule has 0 unspecified atom stereocenters. The number of nitrogens with zero attached hydrogens (tertiary/aromatic N) is 1. The van der Waals surface area contributed by atoms with Gasteiger partial charge in [0.15, 0.2) is 11.5 Å². The largest absolute Gasteiger partial charge is 0.490 e. The summed E-state index contributed by atoms with van der Waals surface area (Å²) in [6.45, 7) is 1.64. The van der Waals surface area contributed by atoms with Crippen molar-refractivity contribution >= 4 is 10.0 Å². The van der Waals surface area contributed by atoms with E-state index >= 15 is 0 Å². The van der Waals surface area contributed by atoms with Gasteiger partial charge in [-0.05, 0) is 54.8 Å². The summed E-state index contributed by atoms with van der Waals surface area (Å²) >= 11 is 0. The van der Waals surface area contributed by atoms with E-state index in [0.717, 1.165) is 24.8 Å². The molecule has 26 heavy (non-hydrogen) atoms. The minimum Gasteiger partial charge on any atom is -0.490 e. The Hall–Kier alpha value is -2.12. The zero-order valence-electron chi connectivity index (χ0n) is 14.2. The standard InChI is InChI=1S/C19H20FNO4S/c20-15-5-7-16(8-6-15)26(22,23)21-10-1-3-17(21)14-4-9-18-19(13-14)25-12-2-11-24-18/h4-9,13,17H,1-3,10-12H2/t17-/m0/s1. The number of fused-ring (bicyclic) bond motifs is 1. The topological polar surface area (TPSA) is 55.8 Å². The summed E-state index contributed by atoms with van der Waals surface area (Å²) in [5, 5.41) is 0. The minimum atomic E-state index is -3.69. The van der Waals surface area contributed by atoms with E-state index in [-0.39, 0.29) is 10.9 Å². The van der Waals surface area contributed by atoms with E-state index in [9.17, 15) is 12.8 Å². The molecule has 7 heteroatoms. The minimum absolute atomic E-state index is 0.111. The van der Waals surface area contributed by atoms with Crippen molar-refractivity contribution in [1.82, 2.24) is 4.31 Å². The van der Waals surface area contributed by atoms with Gasteiger partial charge in [0.05, 0.1) is 24.2 Å². The van der Waals surface area contributed by atoms with Crippen molar-refractivity contribution < 1.29 is 22.3 Å². The SMILES string of the molecule is O=S(=O)(c1ccc(F)cc1)N1CCC[C@H]1c1ccc2c(c1)OCCCO2. The van der Waals surface area contributed by atoms with Crippen LogP contribution in [0.3, 0.4) is 0 Å². The average Bonchev–Trinajstić information content (AvgIpc) is 3.02. The van der Waals surface area contributed by atoms with Gasteiger partial charge in [0.1, 0.15) is 5.82 Å². The predicted molar refractivity (Wildman–Crippen MR) is 94.3 cm³/mol. The fourth-order valence-electron chi connectivity index (χ4n) is 3.49. The van der Waals surface area contributed by atoms with Crippen LogP contribution in [0.5, 0.6) is 11.5 Å². The lowest BCUT2D eigenvalue weighted by Crippen LogP contribution is -2.30. The van der Waals surface area contributed by atoms with Crippen molar-refractivity contribution in [1.29, 1.82) is 0 Å². The van der Waals surface area contributed by atoms with Gasteiger partial charge < -0.3 is 9.47 Å². The monoisotopic (exact) mass is 377 g/mol. The maximum atomic E-state index is 13.2. The molecule has 0 saturated carbocycles. The van der Waals surface area contributed by atoms with Gasteiger partial charge in [-0.25, -0.2) is 12.8 Å². The van der Waals surface area contributed by atoms with E-state index in [1.807, 2.05) is 18.2 Å². The summed E-state index contributed by atoms with van der Waals surface area (Å²) in [6.07, 6.45) is 2.33. The van der Waals surface area contributed by atoms with Gasteiger partial charge in [-0.2, -0.15) is 4.31 Å². The van der Waals surface area contributed by atoms with Crippen molar-refractivity contribution in [3.63, 3.8) is 0 Å². The van der Waals surface area contributed by atoms with Crippen molar-refractivity contribution in [2.24, 2.45) is 0 Å². The van der Waals surface area contributed by atoms with Gasteiger partial charge in [-0.15, -0.1) is 0 Å². The molecule has 0 amide bonds. The number of sulfonamides is 1. The summed E-state index contributed by atoms with van der Waals surface area (Å²) in [5.74, 6) is 0.896. The molecule has 1 saturated heterocycles. The Balaban J connectivity index is 1.66. The molecule has 138 valence electrons. The molecule has 4 rings (SSSR count). The quantitative estimate of drug-likeness (QED) is 0.821. The maximum Gasteiger partial charge on any atom is 0.243 e. The van der Waals surface area contributed by atoms with Gasteiger partial charge in [-0.3, -0.25) is 0 Å². The molecule has 2 aromatic carbocycles. The van der Waals surface area contributed by atoms with Gasteiger partial charge in [-0.1, -0.05) is 6.07 Å². The third-order valence-electron chi connectivity index (χ3n) is 4.78. The number of ether oxygens (including phenoxy) is 2. The Kier molecular flexibility index (Phi) is 4.58. The summed E-state index contributed by atoms with van der Waals surface area (Å²) in [6, 6.07) is 10.3. The van der Waals surface area contributed by atoms with Crippen molar-refractivity contribution in [3.05, 3.63) is 53.8 Å². The van der Waals surface area contributed by atoms with Crippen LogP contribution in [-0.2, 0) is 10.0 Å². The second kappa shape index (κ2) is 6.89. The average molecular weight is 377 g/mol. The lowest BCUT2D eigenvalue weighted by molar-refractivity contribution is 0.296. The van der Waals surface area contributed by atoms with Crippen LogP contribution in [-0.4, -0.2) is 32.5 Å². The predicted octanol–water partition coefficient (Wildman–Crippen LogP) is 3.51. The zero-order chi connectivity index (χ0) is 18.1. The van der Waals surface area contributed by atoms with Crippen molar-refractivity contribution in [2.75, 3.05) is 19.8 Å². The molecular formula is C19H20FNO4S. The molecule has 0 bridgehead atoms. The molecular weight excluding hydrogens is 357 g/mol. The smallest absolute Gasteiger partial charge is 0.243 e. The molecule has 0 radical (unpaired) electrons. The number of rotatable bonds is 3. The Morgan fingerprint density at radius 2 is 1.69 bits per heavy atom. The van der Waals surface area contributed by atoms with E-state index < -0.39 is 15.8 Å². The number of halogens is 1. The first kappa shape index (κ1) is 17.3. The van der Waals surface area contributed by atoms with E-state index in [2.05, 4.69) is 0 Å². The second-order valence-electron chi connectivity index (χ2n) is 6.48. The summed E-state index contributed by atoms with van der Waals surface area (Å²) in [5.41, 5.74) is 0.887. The van der Waals surface area contributed by atoms with Crippen LogP contribution in [0, 0.1) is 5.82 Å². The summed E-state index contributed by atoms with van der Waals surface area (Å²) < 4.78 is 52.1. The van der Waals surface area contributed by atoms with Crippen molar-refractivity contribution in [2.45, 2.75) is 30.2 Å². The third kappa shape index (κ3) is 3.17. The Labute approximate surface area is 152 Å². The second-order valence-corrected chi connectivity index (χ2v) is 8.37. The first-order valence-corrected chi connectivity index (χ1v) is 10.2. The number of hydrogen-bond donors (Lipinski definition) is 0. The highest BCUT2D eigenvalue weighted by molar-refractivity contribution is 7.89. The molecule has 0 aromatic heterocycles. The molecule has 1 fully saturated rings. The van der Waals surface area contributed by atoms with Gasteiger partial charge >= 0.3 is 0 Å². The van der Waals surface area contributed by atoms with Crippen LogP contribution in [0.25, 0.3) is 0 Å². The molecule has 0 aliphatic carbocycles. The van der Waals surface area contributed by atoms with Crippen molar-refractivity contribution in [3.8, 4) is 11.5 Å². The Morgan fingerprint density at radius 3 is 2.46 bits per heavy atom. The first-order valence-electron chi connectivity index (χ1n) is 8.73. The van der Waals surface area contributed by atoms with Gasteiger partial charge in [0.2, 0.25) is 10.0 Å². The highest BCUT2D eigenvalue weighted by atomic mass is 32.2. The van der Waals surface area contributed by atoms with Crippen LogP contribution in [0.15, 0.2) is 47.4 Å². The number of hydrogen-bond acceptors (Lipinski definition) is 4. The Bertz CT molecular complexity index is 898. The molecule has 0 N–H and O–H groups in total. The molecule has 2 aliphatic rings. The fourth-order valence-corrected chi connectivity index (χ4v) is 5.17. The summed E-state index contributed by atoms with van der Waals surface area (Å²) in [4.78, 5) is 0.111. The molecule has 0 spiro atoms. The normalized spacial score (nSPS) is 20.7. The summed E-state index contributed by atoms with van der Waals surface area (Å²) in [7, 11) is -3.69.